The maximum atomic E-state index is 5.35. The van der Waals surface area contributed by atoms with Gasteiger partial charge in [-0.25, -0.2) is 9.97 Å². The molecule has 2 rings (SSSR count). The highest BCUT2D eigenvalue weighted by molar-refractivity contribution is 5.56. The lowest BCUT2D eigenvalue weighted by Crippen LogP contribution is -2.20. The number of nitrogens with one attached hydrogen (secondary N) is 2. The van der Waals surface area contributed by atoms with Crippen LogP contribution >= 0.6 is 0 Å². The van der Waals surface area contributed by atoms with Crippen LogP contribution in [0.1, 0.15) is 25.2 Å². The third kappa shape index (κ3) is 3.47. The van der Waals surface area contributed by atoms with Crippen molar-refractivity contribution in [2.75, 3.05) is 17.2 Å². The zero-order valence-electron chi connectivity index (χ0n) is 11.6. The van der Waals surface area contributed by atoms with Gasteiger partial charge in [0.1, 0.15) is 23.7 Å². The van der Waals surface area contributed by atoms with Crippen LogP contribution in [0.3, 0.4) is 0 Å². The summed E-state index contributed by atoms with van der Waals surface area (Å²) in [6.45, 7) is 7.02. The van der Waals surface area contributed by atoms with Crippen molar-refractivity contribution in [3.8, 4) is 0 Å². The maximum absolute atomic E-state index is 5.35. The summed E-state index contributed by atoms with van der Waals surface area (Å²) in [5, 5.41) is 6.62. The maximum Gasteiger partial charge on any atom is 0.134 e. The normalized spacial score (nSPS) is 12.2. The van der Waals surface area contributed by atoms with Crippen LogP contribution in [0.2, 0.25) is 0 Å². The SMILES string of the molecule is CCNc1ncnc(NC(C)Cc2ccco2)c1C. The van der Waals surface area contributed by atoms with Gasteiger partial charge in [-0.3, -0.25) is 0 Å². The van der Waals surface area contributed by atoms with E-state index >= 15 is 0 Å². The highest BCUT2D eigenvalue weighted by Crippen LogP contribution is 2.19. The average Bonchev–Trinajstić information content (AvgIpc) is 2.87. The molecule has 0 saturated heterocycles. The number of anilines is 2. The highest BCUT2D eigenvalue weighted by atomic mass is 16.3. The first-order valence-corrected chi connectivity index (χ1v) is 6.55. The summed E-state index contributed by atoms with van der Waals surface area (Å²) in [7, 11) is 0. The fraction of sp³-hybridized carbons (Fsp3) is 0.429. The molecule has 1 unspecified atom stereocenters. The van der Waals surface area contributed by atoms with E-state index in [1.165, 1.54) is 0 Å². The van der Waals surface area contributed by atoms with Crippen molar-refractivity contribution in [3.63, 3.8) is 0 Å². The van der Waals surface area contributed by atoms with Gasteiger partial charge in [-0.05, 0) is 32.9 Å². The van der Waals surface area contributed by atoms with Gasteiger partial charge < -0.3 is 15.1 Å². The van der Waals surface area contributed by atoms with Crippen LogP contribution in [0, 0.1) is 6.92 Å². The smallest absolute Gasteiger partial charge is 0.134 e. The number of nitrogens with zero attached hydrogens (tertiary/aromatic N) is 2. The minimum absolute atomic E-state index is 0.245. The molecule has 0 spiro atoms. The number of aromatic nitrogens is 2. The second-order valence-corrected chi connectivity index (χ2v) is 4.56. The molecule has 0 saturated carbocycles. The van der Waals surface area contributed by atoms with Crippen molar-refractivity contribution in [1.29, 1.82) is 0 Å². The van der Waals surface area contributed by atoms with E-state index < -0.39 is 0 Å². The van der Waals surface area contributed by atoms with E-state index in [1.807, 2.05) is 26.0 Å². The van der Waals surface area contributed by atoms with Crippen molar-refractivity contribution in [3.05, 3.63) is 36.0 Å². The van der Waals surface area contributed by atoms with Crippen molar-refractivity contribution in [2.24, 2.45) is 0 Å². The van der Waals surface area contributed by atoms with Crippen molar-refractivity contribution >= 4 is 11.6 Å². The number of hydrogen-bond acceptors (Lipinski definition) is 5. The molecule has 19 heavy (non-hydrogen) atoms. The summed E-state index contributed by atoms with van der Waals surface area (Å²) in [6, 6.07) is 4.13. The molecule has 0 aliphatic carbocycles. The Bertz CT molecular complexity index is 510. The molecule has 5 nitrogen and oxygen atoms in total. The van der Waals surface area contributed by atoms with Gasteiger partial charge >= 0.3 is 0 Å². The van der Waals surface area contributed by atoms with Gasteiger partial charge in [0, 0.05) is 24.6 Å². The van der Waals surface area contributed by atoms with E-state index in [0.717, 1.165) is 35.9 Å². The van der Waals surface area contributed by atoms with Crippen LogP contribution in [0.15, 0.2) is 29.1 Å². The van der Waals surface area contributed by atoms with E-state index in [1.54, 1.807) is 12.6 Å². The molecule has 5 heteroatoms. The molecule has 0 amide bonds. The van der Waals surface area contributed by atoms with E-state index in [9.17, 15) is 0 Å². The van der Waals surface area contributed by atoms with Crippen LogP contribution < -0.4 is 10.6 Å². The van der Waals surface area contributed by atoms with Crippen LogP contribution in [0.4, 0.5) is 11.6 Å². The van der Waals surface area contributed by atoms with E-state index in [0.29, 0.717) is 0 Å². The third-order valence-electron chi connectivity index (χ3n) is 2.90. The fourth-order valence-corrected chi connectivity index (χ4v) is 1.96. The predicted octanol–water partition coefficient (Wildman–Crippen LogP) is 2.85. The molecule has 2 heterocycles. The predicted molar refractivity (Wildman–Crippen MR) is 76.4 cm³/mol. The molecule has 0 aliphatic rings. The fourth-order valence-electron chi connectivity index (χ4n) is 1.96. The molecule has 2 aromatic heterocycles. The minimum atomic E-state index is 0.245. The summed E-state index contributed by atoms with van der Waals surface area (Å²) in [5.74, 6) is 2.72. The molecule has 1 atom stereocenters. The minimum Gasteiger partial charge on any atom is -0.469 e. The standard InChI is InChI=1S/C14H20N4O/c1-4-15-13-11(3)14(17-9-16-13)18-10(2)8-12-6-5-7-19-12/h5-7,9-10H,4,8H2,1-3H3,(H2,15,16,17,18). The lowest BCUT2D eigenvalue weighted by atomic mass is 10.2. The zero-order valence-corrected chi connectivity index (χ0v) is 11.6. The van der Waals surface area contributed by atoms with Gasteiger partial charge in [0.15, 0.2) is 0 Å². The molecular weight excluding hydrogens is 240 g/mol. The molecule has 0 fully saturated rings. The van der Waals surface area contributed by atoms with Crippen LogP contribution in [0.5, 0.6) is 0 Å². The van der Waals surface area contributed by atoms with Crippen molar-refractivity contribution in [1.82, 2.24) is 9.97 Å². The zero-order chi connectivity index (χ0) is 13.7. The quantitative estimate of drug-likeness (QED) is 0.836. The van der Waals surface area contributed by atoms with Crippen molar-refractivity contribution in [2.45, 2.75) is 33.2 Å². The van der Waals surface area contributed by atoms with Crippen LogP contribution in [-0.4, -0.2) is 22.6 Å². The van der Waals surface area contributed by atoms with Crippen LogP contribution in [-0.2, 0) is 6.42 Å². The summed E-state index contributed by atoms with van der Waals surface area (Å²) in [6.07, 6.45) is 4.10. The van der Waals surface area contributed by atoms with Gasteiger partial charge in [-0.1, -0.05) is 0 Å². The Hall–Kier alpha value is -2.04. The average molecular weight is 260 g/mol. The molecule has 0 aromatic carbocycles. The molecule has 0 bridgehead atoms. The third-order valence-corrected chi connectivity index (χ3v) is 2.90. The Morgan fingerprint density at radius 1 is 1.32 bits per heavy atom. The highest BCUT2D eigenvalue weighted by Gasteiger charge is 2.10. The van der Waals surface area contributed by atoms with Gasteiger partial charge in [0.05, 0.1) is 6.26 Å². The topological polar surface area (TPSA) is 63.0 Å². The summed E-state index contributed by atoms with van der Waals surface area (Å²) in [4.78, 5) is 8.53. The number of furan rings is 1. The van der Waals surface area contributed by atoms with Gasteiger partial charge in [0.25, 0.3) is 0 Å². The largest absolute Gasteiger partial charge is 0.469 e. The monoisotopic (exact) mass is 260 g/mol. The Balaban J connectivity index is 2.04. The van der Waals surface area contributed by atoms with Gasteiger partial charge in [-0.15, -0.1) is 0 Å². The van der Waals surface area contributed by atoms with Crippen molar-refractivity contribution < 1.29 is 4.42 Å². The first kappa shape index (κ1) is 13.4. The van der Waals surface area contributed by atoms with E-state index in [-0.39, 0.29) is 6.04 Å². The van der Waals surface area contributed by atoms with Crippen LogP contribution in [0.25, 0.3) is 0 Å². The van der Waals surface area contributed by atoms with Gasteiger partial charge in [-0.2, -0.15) is 0 Å². The lowest BCUT2D eigenvalue weighted by Gasteiger charge is -2.16. The first-order valence-electron chi connectivity index (χ1n) is 6.55. The molecule has 2 N–H and O–H groups in total. The molecule has 2 aromatic rings. The molecular formula is C14H20N4O. The van der Waals surface area contributed by atoms with E-state index in [4.69, 9.17) is 4.42 Å². The number of hydrogen-bond donors (Lipinski definition) is 2. The Morgan fingerprint density at radius 2 is 2.11 bits per heavy atom. The summed E-state index contributed by atoms with van der Waals surface area (Å²) >= 11 is 0. The summed E-state index contributed by atoms with van der Waals surface area (Å²) in [5.41, 5.74) is 1.04. The Labute approximate surface area is 113 Å². The first-order chi connectivity index (χ1) is 9.20. The lowest BCUT2D eigenvalue weighted by molar-refractivity contribution is 0.497. The molecule has 102 valence electrons. The Morgan fingerprint density at radius 3 is 2.79 bits per heavy atom. The number of rotatable bonds is 6. The second-order valence-electron chi connectivity index (χ2n) is 4.56. The summed E-state index contributed by atoms with van der Waals surface area (Å²) < 4.78 is 5.35. The second kappa shape index (κ2) is 6.22. The van der Waals surface area contributed by atoms with E-state index in [2.05, 4.69) is 27.5 Å². The molecule has 0 aliphatic heterocycles. The molecule has 0 radical (unpaired) electrons. The van der Waals surface area contributed by atoms with Gasteiger partial charge in [0.2, 0.25) is 0 Å². The Kier molecular flexibility index (Phi) is 4.39.